The Balaban J connectivity index is 3.12. The number of aryl methyl sites for hydroxylation is 1. The average molecular weight is 241 g/mol. The van der Waals surface area contributed by atoms with Crippen LogP contribution in [0.25, 0.3) is 0 Å². The van der Waals surface area contributed by atoms with Crippen LogP contribution >= 0.6 is 0 Å². The van der Waals surface area contributed by atoms with Gasteiger partial charge in [-0.05, 0) is 31.0 Å². The molecular formula is C13H20FNO2. The van der Waals surface area contributed by atoms with Gasteiger partial charge in [0, 0.05) is 18.0 Å². The van der Waals surface area contributed by atoms with E-state index in [1.165, 1.54) is 0 Å². The Kier molecular flexibility index (Phi) is 5.22. The number of rotatable bonds is 6. The molecular weight excluding hydrogens is 221 g/mol. The van der Waals surface area contributed by atoms with E-state index in [2.05, 4.69) is 0 Å². The highest BCUT2D eigenvalue weighted by molar-refractivity contribution is 5.47. The molecule has 0 saturated heterocycles. The van der Waals surface area contributed by atoms with Gasteiger partial charge in [0.15, 0.2) is 0 Å². The second-order valence-corrected chi connectivity index (χ2v) is 4.10. The van der Waals surface area contributed by atoms with E-state index in [1.807, 2.05) is 19.1 Å². The molecule has 96 valence electrons. The van der Waals surface area contributed by atoms with Crippen molar-refractivity contribution in [2.24, 2.45) is 5.73 Å². The van der Waals surface area contributed by atoms with Crippen molar-refractivity contribution in [1.29, 1.82) is 0 Å². The van der Waals surface area contributed by atoms with Gasteiger partial charge in [-0.15, -0.1) is 0 Å². The normalized spacial score (nSPS) is 12.3. The number of benzene rings is 1. The van der Waals surface area contributed by atoms with Crippen LogP contribution < -0.4 is 15.2 Å². The topological polar surface area (TPSA) is 44.5 Å². The molecule has 17 heavy (non-hydrogen) atoms. The van der Waals surface area contributed by atoms with Crippen LogP contribution in [0.1, 0.15) is 18.1 Å². The molecule has 0 bridgehead atoms. The average Bonchev–Trinajstić information content (AvgIpc) is 2.30. The van der Waals surface area contributed by atoms with Crippen molar-refractivity contribution in [3.05, 3.63) is 23.3 Å². The molecule has 0 fully saturated rings. The molecule has 0 amide bonds. The second-order valence-electron chi connectivity index (χ2n) is 4.10. The van der Waals surface area contributed by atoms with Crippen LogP contribution in [0, 0.1) is 0 Å². The SMILES string of the molecule is COc1cc(C[C@H](C)N)c(OC)cc1CCF. The van der Waals surface area contributed by atoms with E-state index < -0.39 is 6.67 Å². The van der Waals surface area contributed by atoms with Gasteiger partial charge in [-0.25, -0.2) is 0 Å². The predicted octanol–water partition coefficient (Wildman–Crippen LogP) is 2.11. The molecule has 0 unspecified atom stereocenters. The summed E-state index contributed by atoms with van der Waals surface area (Å²) in [6, 6.07) is 3.75. The molecule has 3 nitrogen and oxygen atoms in total. The van der Waals surface area contributed by atoms with E-state index in [1.54, 1.807) is 14.2 Å². The summed E-state index contributed by atoms with van der Waals surface area (Å²) in [5, 5.41) is 0. The number of methoxy groups -OCH3 is 2. The van der Waals surface area contributed by atoms with Crippen LogP contribution in [0.2, 0.25) is 0 Å². The molecule has 2 N–H and O–H groups in total. The van der Waals surface area contributed by atoms with Crippen molar-refractivity contribution in [1.82, 2.24) is 0 Å². The molecule has 0 aliphatic heterocycles. The van der Waals surface area contributed by atoms with Crippen molar-refractivity contribution >= 4 is 0 Å². The first-order chi connectivity index (χ1) is 8.12. The zero-order valence-corrected chi connectivity index (χ0v) is 10.6. The van der Waals surface area contributed by atoms with Gasteiger partial charge in [0.1, 0.15) is 11.5 Å². The largest absolute Gasteiger partial charge is 0.496 e. The molecule has 1 atom stereocenters. The molecule has 0 aliphatic carbocycles. The number of halogens is 1. The molecule has 1 rings (SSSR count). The van der Waals surface area contributed by atoms with Crippen molar-refractivity contribution in [3.8, 4) is 11.5 Å². The fourth-order valence-electron chi connectivity index (χ4n) is 1.83. The van der Waals surface area contributed by atoms with Crippen LogP contribution in [-0.4, -0.2) is 26.9 Å². The standard InChI is InChI=1S/C13H20FNO2/c1-9(15)6-11-8-12(16-2)10(4-5-14)7-13(11)17-3/h7-9H,4-6,15H2,1-3H3/t9-/m0/s1. The maximum atomic E-state index is 12.4. The molecule has 1 aromatic carbocycles. The van der Waals surface area contributed by atoms with Crippen LogP contribution in [0.5, 0.6) is 11.5 Å². The quantitative estimate of drug-likeness (QED) is 0.829. The Hall–Kier alpha value is -1.29. The summed E-state index contributed by atoms with van der Waals surface area (Å²) in [5.41, 5.74) is 7.59. The zero-order chi connectivity index (χ0) is 12.8. The van der Waals surface area contributed by atoms with Gasteiger partial charge in [0.05, 0.1) is 20.9 Å². The van der Waals surface area contributed by atoms with Gasteiger partial charge < -0.3 is 15.2 Å². The maximum absolute atomic E-state index is 12.4. The van der Waals surface area contributed by atoms with Crippen molar-refractivity contribution in [2.75, 3.05) is 20.9 Å². The van der Waals surface area contributed by atoms with Crippen LogP contribution in [0.15, 0.2) is 12.1 Å². The lowest BCUT2D eigenvalue weighted by Gasteiger charge is -2.15. The highest BCUT2D eigenvalue weighted by Crippen LogP contribution is 2.30. The Morgan fingerprint density at radius 3 is 2.18 bits per heavy atom. The lowest BCUT2D eigenvalue weighted by Crippen LogP contribution is -2.18. The third-order valence-corrected chi connectivity index (χ3v) is 2.59. The van der Waals surface area contributed by atoms with Crippen molar-refractivity contribution in [2.45, 2.75) is 25.8 Å². The summed E-state index contributed by atoms with van der Waals surface area (Å²) >= 11 is 0. The van der Waals surface area contributed by atoms with Gasteiger partial charge in [-0.2, -0.15) is 0 Å². The monoisotopic (exact) mass is 241 g/mol. The van der Waals surface area contributed by atoms with Gasteiger partial charge in [-0.3, -0.25) is 4.39 Å². The van der Waals surface area contributed by atoms with E-state index in [0.29, 0.717) is 18.6 Å². The minimum Gasteiger partial charge on any atom is -0.496 e. The van der Waals surface area contributed by atoms with Gasteiger partial charge >= 0.3 is 0 Å². The Morgan fingerprint density at radius 2 is 1.71 bits per heavy atom. The summed E-state index contributed by atoms with van der Waals surface area (Å²) in [7, 11) is 3.19. The van der Waals surface area contributed by atoms with Gasteiger partial charge in [0.25, 0.3) is 0 Å². The predicted molar refractivity (Wildman–Crippen MR) is 66.6 cm³/mol. The Bertz CT molecular complexity index is 367. The third kappa shape index (κ3) is 3.60. The summed E-state index contributed by atoms with van der Waals surface area (Å²) in [5.74, 6) is 1.44. The van der Waals surface area contributed by atoms with Gasteiger partial charge in [-0.1, -0.05) is 0 Å². The first-order valence-corrected chi connectivity index (χ1v) is 5.67. The molecule has 0 spiro atoms. The third-order valence-electron chi connectivity index (χ3n) is 2.59. The number of hydrogen-bond acceptors (Lipinski definition) is 3. The first kappa shape index (κ1) is 13.8. The molecule has 0 aromatic heterocycles. The van der Waals surface area contributed by atoms with E-state index >= 15 is 0 Å². The maximum Gasteiger partial charge on any atom is 0.122 e. The number of alkyl halides is 1. The van der Waals surface area contributed by atoms with Crippen molar-refractivity contribution < 1.29 is 13.9 Å². The molecule has 0 saturated carbocycles. The van der Waals surface area contributed by atoms with E-state index in [9.17, 15) is 4.39 Å². The fraction of sp³-hybridized carbons (Fsp3) is 0.538. The summed E-state index contributed by atoms with van der Waals surface area (Å²) in [6.07, 6.45) is 1.04. The van der Waals surface area contributed by atoms with Crippen LogP contribution in [-0.2, 0) is 12.8 Å². The molecule has 4 heteroatoms. The Morgan fingerprint density at radius 1 is 1.18 bits per heavy atom. The summed E-state index contributed by atoms with van der Waals surface area (Å²) in [4.78, 5) is 0. The summed E-state index contributed by atoms with van der Waals surface area (Å²) in [6.45, 7) is 1.52. The smallest absolute Gasteiger partial charge is 0.122 e. The lowest BCUT2D eigenvalue weighted by atomic mass is 10.0. The highest BCUT2D eigenvalue weighted by Gasteiger charge is 2.12. The lowest BCUT2D eigenvalue weighted by molar-refractivity contribution is 0.390. The Labute approximate surface area is 102 Å². The number of nitrogens with two attached hydrogens (primary N) is 1. The van der Waals surface area contributed by atoms with E-state index in [0.717, 1.165) is 16.9 Å². The van der Waals surface area contributed by atoms with Crippen LogP contribution in [0.3, 0.4) is 0 Å². The summed E-state index contributed by atoms with van der Waals surface area (Å²) < 4.78 is 23.0. The molecule has 1 aromatic rings. The van der Waals surface area contributed by atoms with Crippen LogP contribution in [0.4, 0.5) is 4.39 Å². The van der Waals surface area contributed by atoms with E-state index in [4.69, 9.17) is 15.2 Å². The minimum absolute atomic E-state index is 0.0423. The fourth-order valence-corrected chi connectivity index (χ4v) is 1.83. The number of hydrogen-bond donors (Lipinski definition) is 1. The van der Waals surface area contributed by atoms with Crippen molar-refractivity contribution in [3.63, 3.8) is 0 Å². The number of ether oxygens (including phenoxy) is 2. The van der Waals surface area contributed by atoms with Gasteiger partial charge in [0.2, 0.25) is 0 Å². The molecule has 0 heterocycles. The molecule has 0 aliphatic rings. The van der Waals surface area contributed by atoms with E-state index in [-0.39, 0.29) is 6.04 Å². The molecule has 0 radical (unpaired) electrons. The zero-order valence-electron chi connectivity index (χ0n) is 10.6. The second kappa shape index (κ2) is 6.45. The minimum atomic E-state index is -0.411. The first-order valence-electron chi connectivity index (χ1n) is 5.67. The highest BCUT2D eigenvalue weighted by atomic mass is 19.1.